The van der Waals surface area contributed by atoms with Crippen LogP contribution in [0.25, 0.3) is 0 Å². The van der Waals surface area contributed by atoms with Crippen molar-refractivity contribution >= 4 is 11.9 Å². The molecule has 1 fully saturated rings. The minimum Gasteiger partial charge on any atom is -0.454 e. The summed E-state index contributed by atoms with van der Waals surface area (Å²) in [6, 6.07) is -1.04. The standard InChI is InChI=1S/C70H121NO10/c1-4-7-10-13-16-19-22-24-26-28-30-31-32-34-35-37-39-42-45-48-51-54-57-63(74)69(78)71-61(62(73)56-53-50-47-44-41-21-18-15-12-9-6-3)60-79-70-68(67(77)66(76)64(59-72)80-70)81-65(75)58-55-52-49-46-43-40-38-36-33-29-27-25-23-20-17-14-11-8-5-2/h8,11,17,20,24-27,33,36,40,43,49,52-53,56,61-64,66-68,70,72-74,76-77H,4-7,9-10,12-16,18-19,21-23,28-32,34-35,37-39,41-42,44-48,50-51,54-55,57-60H2,1-3H3,(H,71,78)/b11-8-,20-17-,26-24+,27-25-,36-33-,43-40-,52-49-,56-53+. The summed E-state index contributed by atoms with van der Waals surface area (Å²) < 4.78 is 17.6. The third-order valence-electron chi connectivity index (χ3n) is 15.0. The number of hydrogen-bond acceptors (Lipinski definition) is 10. The number of aliphatic hydroxyl groups excluding tert-OH is 5. The maximum atomic E-state index is 13.4. The lowest BCUT2D eigenvalue weighted by Gasteiger charge is -2.41. The monoisotopic (exact) mass is 1140 g/mol. The van der Waals surface area contributed by atoms with Crippen LogP contribution in [0.1, 0.15) is 271 Å². The van der Waals surface area contributed by atoms with Gasteiger partial charge in [-0.15, -0.1) is 0 Å². The van der Waals surface area contributed by atoms with Crippen molar-refractivity contribution in [2.45, 2.75) is 320 Å². The summed E-state index contributed by atoms with van der Waals surface area (Å²) in [5.74, 6) is -1.29. The van der Waals surface area contributed by atoms with Crippen LogP contribution in [0.2, 0.25) is 0 Å². The number of hydrogen-bond donors (Lipinski definition) is 6. The Morgan fingerprint density at radius 1 is 0.494 bits per heavy atom. The molecule has 0 spiro atoms. The van der Waals surface area contributed by atoms with Crippen molar-refractivity contribution in [1.82, 2.24) is 5.32 Å². The van der Waals surface area contributed by atoms with Gasteiger partial charge in [-0.05, 0) is 89.9 Å². The molecule has 11 heteroatoms. The van der Waals surface area contributed by atoms with Gasteiger partial charge in [0, 0.05) is 6.42 Å². The van der Waals surface area contributed by atoms with Gasteiger partial charge in [0.25, 0.3) is 0 Å². The molecule has 0 radical (unpaired) electrons. The highest BCUT2D eigenvalue weighted by atomic mass is 16.7. The Hall–Kier alpha value is -3.42. The molecule has 0 bridgehead atoms. The fraction of sp³-hybridized carbons (Fsp3) is 0.743. The molecule has 1 saturated heterocycles. The second kappa shape index (κ2) is 57.0. The second-order valence-electron chi connectivity index (χ2n) is 22.5. The smallest absolute Gasteiger partial charge is 0.306 e. The van der Waals surface area contributed by atoms with Crippen molar-refractivity contribution in [3.63, 3.8) is 0 Å². The largest absolute Gasteiger partial charge is 0.454 e. The zero-order valence-electron chi connectivity index (χ0n) is 51.6. The number of ether oxygens (including phenoxy) is 3. The minimum atomic E-state index is -1.65. The zero-order chi connectivity index (χ0) is 58.9. The topological polar surface area (TPSA) is 175 Å². The van der Waals surface area contributed by atoms with Gasteiger partial charge in [-0.25, -0.2) is 0 Å². The van der Waals surface area contributed by atoms with E-state index in [-0.39, 0.29) is 19.4 Å². The Bertz CT molecular complexity index is 1690. The van der Waals surface area contributed by atoms with E-state index in [1.165, 1.54) is 141 Å². The lowest BCUT2D eigenvalue weighted by Crippen LogP contribution is -2.61. The molecule has 6 N–H and O–H groups in total. The van der Waals surface area contributed by atoms with E-state index in [1.807, 2.05) is 18.2 Å². The van der Waals surface area contributed by atoms with Crippen molar-refractivity contribution in [3.8, 4) is 0 Å². The number of carbonyl (C=O) groups excluding carboxylic acids is 2. The SMILES string of the molecule is CC/C=C\C/C=C\C/C=C\C/C=C\C/C=C\C/C=C\CCC(=O)OC1C(OCC(NC(=O)C(O)CCCCCCCCCCCCCC/C=C/CCCCCCCC)C(O)/C=C/CCCCCCCCCCC)OC(CO)C(O)C1O. The van der Waals surface area contributed by atoms with Crippen LogP contribution in [0, 0.1) is 0 Å². The van der Waals surface area contributed by atoms with Gasteiger partial charge in [-0.1, -0.05) is 272 Å². The van der Waals surface area contributed by atoms with Crippen LogP contribution in [0.3, 0.4) is 0 Å². The molecule has 1 amide bonds. The predicted molar refractivity (Wildman–Crippen MR) is 338 cm³/mol. The summed E-state index contributed by atoms with van der Waals surface area (Å²) in [6.45, 7) is 5.64. The number of unbranched alkanes of at least 4 members (excludes halogenated alkanes) is 27. The van der Waals surface area contributed by atoms with Crippen molar-refractivity contribution in [2.24, 2.45) is 0 Å². The molecular formula is C70H121NO10. The van der Waals surface area contributed by atoms with Crippen molar-refractivity contribution in [1.29, 1.82) is 0 Å². The van der Waals surface area contributed by atoms with Gasteiger partial charge in [0.15, 0.2) is 12.4 Å². The Labute approximate surface area is 495 Å². The van der Waals surface area contributed by atoms with Gasteiger partial charge in [0.2, 0.25) is 5.91 Å². The highest BCUT2D eigenvalue weighted by Gasteiger charge is 2.47. The molecule has 466 valence electrons. The molecule has 0 aromatic heterocycles. The van der Waals surface area contributed by atoms with Crippen LogP contribution in [-0.4, -0.2) is 99.6 Å². The molecule has 1 rings (SSSR count). The maximum absolute atomic E-state index is 13.4. The van der Waals surface area contributed by atoms with E-state index in [1.54, 1.807) is 6.08 Å². The van der Waals surface area contributed by atoms with Crippen LogP contribution in [0.15, 0.2) is 97.2 Å². The van der Waals surface area contributed by atoms with E-state index >= 15 is 0 Å². The normalized spacial score (nSPS) is 19.3. The molecule has 1 aliphatic rings. The molecule has 8 atom stereocenters. The number of carbonyl (C=O) groups is 2. The summed E-state index contributed by atoms with van der Waals surface area (Å²) in [5, 5.41) is 57.0. The van der Waals surface area contributed by atoms with Crippen LogP contribution in [-0.2, 0) is 23.8 Å². The summed E-state index contributed by atoms with van der Waals surface area (Å²) in [4.78, 5) is 26.6. The van der Waals surface area contributed by atoms with Crippen molar-refractivity contribution in [2.75, 3.05) is 13.2 Å². The molecule has 0 aliphatic carbocycles. The van der Waals surface area contributed by atoms with Gasteiger partial charge < -0.3 is 45.1 Å². The van der Waals surface area contributed by atoms with Gasteiger partial charge in [-0.2, -0.15) is 0 Å². The van der Waals surface area contributed by atoms with E-state index < -0.39 is 67.4 Å². The number of rotatable bonds is 55. The highest BCUT2D eigenvalue weighted by molar-refractivity contribution is 5.80. The molecule has 8 unspecified atom stereocenters. The lowest BCUT2D eigenvalue weighted by atomic mass is 9.99. The number of amides is 1. The Morgan fingerprint density at radius 3 is 1.33 bits per heavy atom. The Kier molecular flexibility index (Phi) is 53.2. The van der Waals surface area contributed by atoms with E-state index in [9.17, 15) is 35.1 Å². The first-order chi connectivity index (χ1) is 39.7. The quantitative estimate of drug-likeness (QED) is 0.0195. The Balaban J connectivity index is 2.65. The number of esters is 1. The van der Waals surface area contributed by atoms with Crippen LogP contribution < -0.4 is 5.32 Å². The Morgan fingerprint density at radius 2 is 0.889 bits per heavy atom. The third kappa shape index (κ3) is 44.7. The van der Waals surface area contributed by atoms with Crippen LogP contribution in [0.4, 0.5) is 0 Å². The van der Waals surface area contributed by atoms with Crippen LogP contribution >= 0.6 is 0 Å². The molecule has 1 aliphatic heterocycles. The number of nitrogens with one attached hydrogen (secondary N) is 1. The fourth-order valence-corrected chi connectivity index (χ4v) is 9.79. The van der Waals surface area contributed by atoms with E-state index in [4.69, 9.17) is 14.2 Å². The average molecular weight is 1140 g/mol. The molecule has 1 heterocycles. The third-order valence-corrected chi connectivity index (χ3v) is 15.0. The molecular weight excluding hydrogens is 1010 g/mol. The predicted octanol–water partition coefficient (Wildman–Crippen LogP) is 16.3. The fourth-order valence-electron chi connectivity index (χ4n) is 9.79. The van der Waals surface area contributed by atoms with E-state index in [2.05, 4.69) is 99.0 Å². The van der Waals surface area contributed by atoms with E-state index in [0.29, 0.717) is 19.3 Å². The zero-order valence-corrected chi connectivity index (χ0v) is 51.6. The minimum absolute atomic E-state index is 0.00514. The van der Waals surface area contributed by atoms with Crippen molar-refractivity contribution in [3.05, 3.63) is 97.2 Å². The number of allylic oxidation sites excluding steroid dienone is 15. The first-order valence-electron chi connectivity index (χ1n) is 33.0. The summed E-state index contributed by atoms with van der Waals surface area (Å²) >= 11 is 0. The summed E-state index contributed by atoms with van der Waals surface area (Å²) in [7, 11) is 0. The van der Waals surface area contributed by atoms with E-state index in [0.717, 1.165) is 77.0 Å². The number of aliphatic hydroxyl groups is 5. The van der Waals surface area contributed by atoms with Crippen molar-refractivity contribution < 1.29 is 49.3 Å². The highest BCUT2D eigenvalue weighted by Crippen LogP contribution is 2.26. The summed E-state index contributed by atoms with van der Waals surface area (Å²) in [6.07, 6.45) is 66.1. The molecule has 0 saturated carbocycles. The van der Waals surface area contributed by atoms with Gasteiger partial charge in [-0.3, -0.25) is 9.59 Å². The molecule has 0 aromatic rings. The first kappa shape index (κ1) is 75.6. The molecule has 0 aromatic carbocycles. The lowest BCUT2D eigenvalue weighted by molar-refractivity contribution is -0.305. The van der Waals surface area contributed by atoms with Gasteiger partial charge >= 0.3 is 5.97 Å². The maximum Gasteiger partial charge on any atom is 0.306 e. The first-order valence-corrected chi connectivity index (χ1v) is 33.0. The second-order valence-corrected chi connectivity index (χ2v) is 22.5. The van der Waals surface area contributed by atoms with Gasteiger partial charge in [0.05, 0.1) is 25.4 Å². The molecule has 81 heavy (non-hydrogen) atoms. The van der Waals surface area contributed by atoms with Crippen LogP contribution in [0.5, 0.6) is 0 Å². The van der Waals surface area contributed by atoms with Gasteiger partial charge in [0.1, 0.15) is 24.4 Å². The summed E-state index contributed by atoms with van der Waals surface area (Å²) in [5.41, 5.74) is 0. The molecule has 11 nitrogen and oxygen atoms in total. The average Bonchev–Trinajstić information content (AvgIpc) is 3.50.